The third-order valence-electron chi connectivity index (χ3n) is 7.23. The number of hydrogen-bond donors (Lipinski definition) is 0. The van der Waals surface area contributed by atoms with Gasteiger partial charge in [-0.15, -0.1) is 0 Å². The first-order chi connectivity index (χ1) is 19.9. The molecule has 3 heterocycles. The van der Waals surface area contributed by atoms with Crippen LogP contribution in [0.3, 0.4) is 0 Å². The van der Waals surface area contributed by atoms with Crippen LogP contribution in [-0.4, -0.2) is 22.2 Å². The van der Waals surface area contributed by atoms with Crippen LogP contribution in [0.25, 0.3) is 17.0 Å². The van der Waals surface area contributed by atoms with Crippen LogP contribution in [0, 0.1) is 0 Å². The van der Waals surface area contributed by atoms with Gasteiger partial charge in [-0.05, 0) is 41.8 Å². The lowest BCUT2D eigenvalue weighted by molar-refractivity contribution is -0.136. The highest BCUT2D eigenvalue weighted by Gasteiger charge is 2.33. The van der Waals surface area contributed by atoms with E-state index < -0.39 is 12.0 Å². The van der Waals surface area contributed by atoms with E-state index in [1.165, 1.54) is 18.4 Å². The number of rotatable bonds is 6. The predicted octanol–water partition coefficient (Wildman–Crippen LogP) is 6.11. The Morgan fingerprint density at radius 1 is 1.07 bits per heavy atom. The summed E-state index contributed by atoms with van der Waals surface area (Å²) in [6.45, 7) is 2.49. The van der Waals surface area contributed by atoms with Crippen molar-refractivity contribution in [1.82, 2.24) is 9.13 Å². The molecule has 0 N–H and O–H groups in total. The monoisotopic (exact) mass is 601 g/mol. The van der Waals surface area contributed by atoms with Crippen molar-refractivity contribution in [2.24, 2.45) is 4.99 Å². The van der Waals surface area contributed by atoms with E-state index in [1.54, 1.807) is 10.6 Å². The Labute approximate surface area is 250 Å². The van der Waals surface area contributed by atoms with E-state index in [2.05, 4.69) is 4.57 Å². The van der Waals surface area contributed by atoms with E-state index in [-0.39, 0.29) is 5.56 Å². The molecule has 5 aromatic rings. The molecule has 0 aliphatic carbocycles. The maximum Gasteiger partial charge on any atom is 0.338 e. The van der Waals surface area contributed by atoms with Crippen LogP contribution in [0.5, 0.6) is 0 Å². The lowest BCUT2D eigenvalue weighted by Crippen LogP contribution is -2.40. The van der Waals surface area contributed by atoms with Crippen LogP contribution in [0.4, 0.5) is 0 Å². The SMILES string of the molecule is CCC1=C(C(=O)OC)[C@H](c2ccccc2)n2c(s/c(=C/c3cn(Cc4ccc(Cl)cc4Cl)c4ccccc34)c2=O)=N1. The summed E-state index contributed by atoms with van der Waals surface area (Å²) in [6, 6.07) is 22.4. The smallest absolute Gasteiger partial charge is 0.338 e. The molecule has 0 fully saturated rings. The highest BCUT2D eigenvalue weighted by molar-refractivity contribution is 7.07. The minimum Gasteiger partial charge on any atom is -0.466 e. The Morgan fingerprint density at radius 3 is 2.56 bits per heavy atom. The van der Waals surface area contributed by atoms with E-state index in [9.17, 15) is 9.59 Å². The highest BCUT2D eigenvalue weighted by atomic mass is 35.5. The average molecular weight is 603 g/mol. The third-order valence-corrected chi connectivity index (χ3v) is 8.80. The predicted molar refractivity (Wildman–Crippen MR) is 164 cm³/mol. The van der Waals surface area contributed by atoms with Crippen molar-refractivity contribution in [1.29, 1.82) is 0 Å². The molecule has 0 saturated heterocycles. The number of esters is 1. The van der Waals surface area contributed by atoms with Crippen LogP contribution in [0.2, 0.25) is 10.0 Å². The molecular weight excluding hydrogens is 577 g/mol. The van der Waals surface area contributed by atoms with E-state index in [1.807, 2.05) is 85.9 Å². The number of carbonyl (C=O) groups excluding carboxylic acids is 1. The van der Waals surface area contributed by atoms with Gasteiger partial charge < -0.3 is 9.30 Å². The summed E-state index contributed by atoms with van der Waals surface area (Å²) < 4.78 is 9.41. The molecule has 3 aromatic carbocycles. The van der Waals surface area contributed by atoms with Crippen molar-refractivity contribution >= 4 is 57.5 Å². The maximum atomic E-state index is 14.0. The summed E-state index contributed by atoms with van der Waals surface area (Å²) in [5, 5.41) is 2.19. The van der Waals surface area contributed by atoms with Gasteiger partial charge in [0.1, 0.15) is 0 Å². The fourth-order valence-corrected chi connectivity index (χ4v) is 6.79. The molecule has 9 heteroatoms. The zero-order chi connectivity index (χ0) is 28.7. The molecule has 1 aliphatic rings. The van der Waals surface area contributed by atoms with Gasteiger partial charge in [0.05, 0.1) is 29.0 Å². The Hall–Kier alpha value is -3.91. The first-order valence-corrected chi connectivity index (χ1v) is 14.7. The molecule has 0 unspecified atom stereocenters. The van der Waals surface area contributed by atoms with Crippen LogP contribution in [0.1, 0.15) is 36.1 Å². The number of thiazole rings is 1. The van der Waals surface area contributed by atoms with Crippen molar-refractivity contribution in [3.8, 4) is 0 Å². The summed E-state index contributed by atoms with van der Waals surface area (Å²) in [5.41, 5.74) is 4.46. The third kappa shape index (κ3) is 4.95. The number of aromatic nitrogens is 2. The average Bonchev–Trinajstić information content (AvgIpc) is 3.50. The number of carbonyl (C=O) groups is 1. The van der Waals surface area contributed by atoms with Crippen LogP contribution >= 0.6 is 34.5 Å². The molecule has 6 nitrogen and oxygen atoms in total. The molecule has 0 bridgehead atoms. The zero-order valence-corrected chi connectivity index (χ0v) is 24.6. The molecule has 2 aromatic heterocycles. The van der Waals surface area contributed by atoms with E-state index in [4.69, 9.17) is 32.9 Å². The van der Waals surface area contributed by atoms with Crippen molar-refractivity contribution in [3.05, 3.63) is 137 Å². The van der Waals surface area contributed by atoms with Gasteiger partial charge in [0, 0.05) is 39.3 Å². The summed E-state index contributed by atoms with van der Waals surface area (Å²) in [6.07, 6.45) is 4.46. The zero-order valence-electron chi connectivity index (χ0n) is 22.3. The molecular formula is C32H25Cl2N3O3S. The number of methoxy groups -OCH3 is 1. The van der Waals surface area contributed by atoms with Gasteiger partial charge in [-0.25, -0.2) is 9.79 Å². The fourth-order valence-electron chi connectivity index (χ4n) is 5.31. The first-order valence-electron chi connectivity index (χ1n) is 13.1. The molecule has 0 radical (unpaired) electrons. The second-order valence-electron chi connectivity index (χ2n) is 9.66. The van der Waals surface area contributed by atoms with E-state index in [0.29, 0.717) is 43.6 Å². The lowest BCUT2D eigenvalue weighted by atomic mass is 9.95. The lowest BCUT2D eigenvalue weighted by Gasteiger charge is -2.25. The van der Waals surface area contributed by atoms with Gasteiger partial charge in [0.15, 0.2) is 4.80 Å². The molecule has 1 atom stereocenters. The summed E-state index contributed by atoms with van der Waals surface area (Å²) in [7, 11) is 1.35. The number of nitrogens with zero attached hydrogens (tertiary/aromatic N) is 3. The van der Waals surface area contributed by atoms with Crippen LogP contribution in [0.15, 0.2) is 100 Å². The summed E-state index contributed by atoms with van der Waals surface area (Å²) in [5.74, 6) is -0.488. The van der Waals surface area contributed by atoms with Crippen molar-refractivity contribution in [2.75, 3.05) is 7.11 Å². The number of fused-ring (bicyclic) bond motifs is 2. The van der Waals surface area contributed by atoms with Crippen LogP contribution in [-0.2, 0) is 16.1 Å². The normalized spacial score (nSPS) is 15.2. The second-order valence-corrected chi connectivity index (χ2v) is 11.5. The van der Waals surface area contributed by atoms with Gasteiger partial charge >= 0.3 is 5.97 Å². The Bertz CT molecular complexity index is 2020. The molecule has 1 aliphatic heterocycles. The maximum absolute atomic E-state index is 14.0. The first kappa shape index (κ1) is 27.3. The molecule has 206 valence electrons. The van der Waals surface area contributed by atoms with Crippen molar-refractivity contribution < 1.29 is 9.53 Å². The number of para-hydroxylation sites is 1. The standard InChI is InChI=1S/C32H25Cl2N3O3S/c1-3-25-28(31(39)40-2)29(19-9-5-4-6-10-19)37-30(38)27(41-32(37)35-25)15-21-18-36(26-12-8-7-11-23(21)26)17-20-13-14-22(33)16-24(20)34/h4-16,18,29H,3,17H2,1-2H3/b27-15+/t29-/m0/s1. The fraction of sp³-hybridized carbons (Fsp3) is 0.156. The molecule has 41 heavy (non-hydrogen) atoms. The van der Waals surface area contributed by atoms with Gasteiger partial charge in [0.2, 0.25) is 0 Å². The molecule has 6 rings (SSSR count). The quantitative estimate of drug-likeness (QED) is 0.221. The van der Waals surface area contributed by atoms with E-state index in [0.717, 1.165) is 27.6 Å². The van der Waals surface area contributed by atoms with Crippen molar-refractivity contribution in [3.63, 3.8) is 0 Å². The molecule has 0 spiro atoms. The molecule has 0 saturated carbocycles. The van der Waals surface area contributed by atoms with Crippen LogP contribution < -0.4 is 14.9 Å². The minimum atomic E-state index is -0.634. The second kappa shape index (κ2) is 11.2. The number of allylic oxidation sites excluding steroid dienone is 1. The number of halogens is 2. The summed E-state index contributed by atoms with van der Waals surface area (Å²) in [4.78, 5) is 32.4. The topological polar surface area (TPSA) is 65.6 Å². The Morgan fingerprint density at radius 2 is 1.83 bits per heavy atom. The van der Waals surface area contributed by atoms with Gasteiger partial charge in [-0.2, -0.15) is 0 Å². The van der Waals surface area contributed by atoms with Gasteiger partial charge in [0.25, 0.3) is 5.56 Å². The van der Waals surface area contributed by atoms with Gasteiger partial charge in [-0.3, -0.25) is 9.36 Å². The van der Waals surface area contributed by atoms with Gasteiger partial charge in [-0.1, -0.05) is 96.1 Å². The van der Waals surface area contributed by atoms with E-state index >= 15 is 0 Å². The number of benzene rings is 3. The Balaban J connectivity index is 1.53. The minimum absolute atomic E-state index is 0.211. The Kier molecular flexibility index (Phi) is 7.43. The number of hydrogen-bond acceptors (Lipinski definition) is 5. The number of ether oxygens (including phenoxy) is 1. The largest absolute Gasteiger partial charge is 0.466 e. The highest BCUT2D eigenvalue weighted by Crippen LogP contribution is 2.32. The van der Waals surface area contributed by atoms with Crippen molar-refractivity contribution in [2.45, 2.75) is 25.9 Å². The molecule has 0 amide bonds. The summed E-state index contributed by atoms with van der Waals surface area (Å²) >= 11 is 13.9.